The van der Waals surface area contributed by atoms with Gasteiger partial charge in [-0.3, -0.25) is 0 Å². The molecular weight excluding hydrogens is 490 g/mol. The van der Waals surface area contributed by atoms with Gasteiger partial charge in [-0.15, -0.1) is 0 Å². The SMILES string of the molecule is COc1ccc(SNc2ccc(-c3c[nH]c4ncc(-c5ccc(N6CCN(C)CC6)cc5)cc34)cc2)cc1. The second-order valence-electron chi connectivity index (χ2n) is 9.62. The Morgan fingerprint density at radius 1 is 0.842 bits per heavy atom. The second-order valence-corrected chi connectivity index (χ2v) is 10.5. The summed E-state index contributed by atoms with van der Waals surface area (Å²) in [4.78, 5) is 14.0. The molecule has 0 amide bonds. The van der Waals surface area contributed by atoms with Gasteiger partial charge < -0.3 is 24.2 Å². The van der Waals surface area contributed by atoms with Crippen molar-refractivity contribution in [2.24, 2.45) is 0 Å². The van der Waals surface area contributed by atoms with Crippen LogP contribution in [0, 0.1) is 0 Å². The average Bonchev–Trinajstić information content (AvgIpc) is 3.40. The van der Waals surface area contributed by atoms with Crippen molar-refractivity contribution in [3.05, 3.63) is 91.3 Å². The van der Waals surface area contributed by atoms with Crippen molar-refractivity contribution >= 4 is 34.4 Å². The molecule has 5 aromatic rings. The zero-order valence-corrected chi connectivity index (χ0v) is 22.5. The van der Waals surface area contributed by atoms with E-state index in [0.29, 0.717) is 0 Å². The number of nitrogens with one attached hydrogen (secondary N) is 2. The van der Waals surface area contributed by atoms with Gasteiger partial charge in [0, 0.05) is 71.4 Å². The first kappa shape index (κ1) is 24.4. The van der Waals surface area contributed by atoms with Crippen LogP contribution in [0.2, 0.25) is 0 Å². The molecule has 0 unspecified atom stereocenters. The lowest BCUT2D eigenvalue weighted by Crippen LogP contribution is -2.44. The number of H-pyrrole nitrogens is 1. The van der Waals surface area contributed by atoms with Gasteiger partial charge in [0.1, 0.15) is 11.4 Å². The standard InChI is InChI=1S/C31H31N5OS/c1-35-15-17-36(18-16-35)26-9-5-22(6-10-26)24-19-29-30(21-33-31(29)32-20-24)23-3-7-25(8-4-23)34-38-28-13-11-27(37-2)12-14-28/h3-14,19-21,34H,15-18H2,1-2H3,(H,32,33). The summed E-state index contributed by atoms with van der Waals surface area (Å²) in [6, 6.07) is 27.7. The number of aromatic nitrogens is 2. The predicted octanol–water partition coefficient (Wildman–Crippen LogP) is 6.78. The smallest absolute Gasteiger partial charge is 0.137 e. The fraction of sp³-hybridized carbons (Fsp3) is 0.194. The Morgan fingerprint density at radius 2 is 1.55 bits per heavy atom. The minimum Gasteiger partial charge on any atom is -0.497 e. The molecule has 0 bridgehead atoms. The molecule has 1 aliphatic heterocycles. The van der Waals surface area contributed by atoms with Crippen molar-refractivity contribution in [3.8, 4) is 28.0 Å². The van der Waals surface area contributed by atoms with E-state index in [4.69, 9.17) is 9.72 Å². The van der Waals surface area contributed by atoms with E-state index < -0.39 is 0 Å². The normalized spacial score (nSPS) is 14.1. The minimum absolute atomic E-state index is 0.859. The lowest BCUT2D eigenvalue weighted by molar-refractivity contribution is 0.313. The molecule has 2 N–H and O–H groups in total. The van der Waals surface area contributed by atoms with Gasteiger partial charge in [0.15, 0.2) is 0 Å². The van der Waals surface area contributed by atoms with Gasteiger partial charge in [0.05, 0.1) is 7.11 Å². The number of hydrogen-bond acceptors (Lipinski definition) is 6. The van der Waals surface area contributed by atoms with Crippen LogP contribution in [-0.2, 0) is 0 Å². The minimum atomic E-state index is 0.859. The number of pyridine rings is 1. The molecule has 7 heteroatoms. The van der Waals surface area contributed by atoms with Gasteiger partial charge in [-0.25, -0.2) is 4.98 Å². The molecule has 0 spiro atoms. The highest BCUT2D eigenvalue weighted by molar-refractivity contribution is 8.00. The highest BCUT2D eigenvalue weighted by Gasteiger charge is 2.15. The number of piperazine rings is 1. The van der Waals surface area contributed by atoms with Crippen LogP contribution in [-0.4, -0.2) is 55.2 Å². The Bertz CT molecular complexity index is 1510. The maximum Gasteiger partial charge on any atom is 0.137 e. The Morgan fingerprint density at radius 3 is 2.26 bits per heavy atom. The summed E-state index contributed by atoms with van der Waals surface area (Å²) in [7, 11) is 3.87. The maximum absolute atomic E-state index is 5.23. The van der Waals surface area contributed by atoms with Crippen molar-refractivity contribution in [2.75, 3.05) is 50.0 Å². The lowest BCUT2D eigenvalue weighted by Gasteiger charge is -2.34. The molecule has 0 aliphatic carbocycles. The van der Waals surface area contributed by atoms with Crippen LogP contribution < -0.4 is 14.4 Å². The molecule has 38 heavy (non-hydrogen) atoms. The van der Waals surface area contributed by atoms with Gasteiger partial charge in [-0.05, 0) is 84.7 Å². The van der Waals surface area contributed by atoms with E-state index in [0.717, 1.165) is 70.2 Å². The van der Waals surface area contributed by atoms with Crippen LogP contribution in [0.3, 0.4) is 0 Å². The van der Waals surface area contributed by atoms with E-state index in [-0.39, 0.29) is 0 Å². The number of ether oxygens (including phenoxy) is 1. The number of methoxy groups -OCH3 is 1. The molecule has 3 heterocycles. The third-order valence-corrected chi connectivity index (χ3v) is 7.99. The summed E-state index contributed by atoms with van der Waals surface area (Å²) in [5, 5.41) is 1.12. The van der Waals surface area contributed by atoms with E-state index >= 15 is 0 Å². The Hall–Kier alpha value is -3.94. The van der Waals surface area contributed by atoms with Gasteiger partial charge in [-0.2, -0.15) is 0 Å². The topological polar surface area (TPSA) is 56.4 Å². The first-order valence-electron chi connectivity index (χ1n) is 12.8. The van der Waals surface area contributed by atoms with E-state index in [1.807, 2.05) is 36.7 Å². The molecule has 1 aliphatic rings. The Labute approximate surface area is 227 Å². The van der Waals surface area contributed by atoms with Gasteiger partial charge in [0.2, 0.25) is 0 Å². The first-order valence-corrected chi connectivity index (χ1v) is 13.7. The summed E-state index contributed by atoms with van der Waals surface area (Å²) in [5.41, 5.74) is 7.84. The summed E-state index contributed by atoms with van der Waals surface area (Å²) in [6.07, 6.45) is 4.00. The molecule has 0 saturated carbocycles. The van der Waals surface area contributed by atoms with Crippen LogP contribution in [0.25, 0.3) is 33.3 Å². The zero-order chi connectivity index (χ0) is 25.9. The monoisotopic (exact) mass is 521 g/mol. The van der Waals surface area contributed by atoms with E-state index in [1.165, 1.54) is 11.3 Å². The second kappa shape index (κ2) is 10.8. The van der Waals surface area contributed by atoms with Crippen LogP contribution in [0.1, 0.15) is 0 Å². The summed E-state index contributed by atoms with van der Waals surface area (Å²) < 4.78 is 8.65. The number of likely N-dealkylation sites (N-methyl/N-ethyl adjacent to an activating group) is 1. The van der Waals surface area contributed by atoms with Crippen LogP contribution in [0.4, 0.5) is 11.4 Å². The molecule has 1 fully saturated rings. The van der Waals surface area contributed by atoms with Crippen molar-refractivity contribution in [1.82, 2.24) is 14.9 Å². The van der Waals surface area contributed by atoms with E-state index in [9.17, 15) is 0 Å². The fourth-order valence-electron chi connectivity index (χ4n) is 4.81. The lowest BCUT2D eigenvalue weighted by atomic mass is 10.0. The van der Waals surface area contributed by atoms with Crippen LogP contribution >= 0.6 is 11.9 Å². The van der Waals surface area contributed by atoms with E-state index in [1.54, 1.807) is 19.1 Å². The highest BCUT2D eigenvalue weighted by atomic mass is 32.2. The summed E-state index contributed by atoms with van der Waals surface area (Å²) >= 11 is 1.58. The average molecular weight is 522 g/mol. The number of fused-ring (bicyclic) bond motifs is 1. The van der Waals surface area contributed by atoms with Crippen LogP contribution in [0.15, 0.2) is 96.2 Å². The quantitative estimate of drug-likeness (QED) is 0.230. The molecule has 192 valence electrons. The molecule has 6 nitrogen and oxygen atoms in total. The number of aromatic amines is 1. The molecule has 6 rings (SSSR count). The highest BCUT2D eigenvalue weighted by Crippen LogP contribution is 2.33. The molecule has 3 aromatic carbocycles. The molecule has 2 aromatic heterocycles. The van der Waals surface area contributed by atoms with Crippen molar-refractivity contribution in [2.45, 2.75) is 4.90 Å². The number of rotatable bonds is 7. The van der Waals surface area contributed by atoms with Crippen molar-refractivity contribution in [3.63, 3.8) is 0 Å². The fourth-order valence-corrected chi connectivity index (χ4v) is 5.45. The molecule has 1 saturated heterocycles. The van der Waals surface area contributed by atoms with Crippen LogP contribution in [0.5, 0.6) is 5.75 Å². The molecular formula is C31H31N5OS. The summed E-state index contributed by atoms with van der Waals surface area (Å²) in [5.74, 6) is 0.859. The third-order valence-electron chi connectivity index (χ3n) is 7.14. The maximum atomic E-state index is 5.23. The van der Waals surface area contributed by atoms with Gasteiger partial charge in [0.25, 0.3) is 0 Å². The van der Waals surface area contributed by atoms with Gasteiger partial charge >= 0.3 is 0 Å². The number of anilines is 2. The Balaban J connectivity index is 1.18. The van der Waals surface area contributed by atoms with E-state index in [2.05, 4.69) is 81.2 Å². The van der Waals surface area contributed by atoms with Gasteiger partial charge in [-0.1, -0.05) is 24.3 Å². The number of benzene rings is 3. The molecule has 0 radical (unpaired) electrons. The molecule has 0 atom stereocenters. The number of nitrogens with zero attached hydrogens (tertiary/aromatic N) is 3. The number of hydrogen-bond donors (Lipinski definition) is 2. The largest absolute Gasteiger partial charge is 0.497 e. The predicted molar refractivity (Wildman–Crippen MR) is 159 cm³/mol. The van der Waals surface area contributed by atoms with Crippen molar-refractivity contribution in [1.29, 1.82) is 0 Å². The van der Waals surface area contributed by atoms with Crippen molar-refractivity contribution < 1.29 is 4.74 Å². The third kappa shape index (κ3) is 5.21. The zero-order valence-electron chi connectivity index (χ0n) is 21.6. The Kier molecular flexibility index (Phi) is 6.94. The summed E-state index contributed by atoms with van der Waals surface area (Å²) in [6.45, 7) is 4.36. The first-order chi connectivity index (χ1) is 18.7.